The van der Waals surface area contributed by atoms with Crippen LogP contribution in [0.3, 0.4) is 0 Å². The molecule has 0 heterocycles. The van der Waals surface area contributed by atoms with Crippen LogP contribution >= 0.6 is 15.9 Å². The van der Waals surface area contributed by atoms with Crippen molar-refractivity contribution in [1.29, 1.82) is 0 Å². The van der Waals surface area contributed by atoms with E-state index >= 15 is 0 Å². The zero-order valence-electron chi connectivity index (χ0n) is 14.5. The number of carbonyl (C=O) groups is 1. The first-order chi connectivity index (χ1) is 12.0. The van der Waals surface area contributed by atoms with Crippen molar-refractivity contribution in [3.8, 4) is 17.2 Å². The molecule has 2 rings (SSSR count). The molecule has 5 nitrogen and oxygen atoms in total. The van der Waals surface area contributed by atoms with E-state index in [1.54, 1.807) is 19.2 Å². The van der Waals surface area contributed by atoms with Gasteiger partial charge in [-0.1, -0.05) is 15.9 Å². The summed E-state index contributed by atoms with van der Waals surface area (Å²) in [4.78, 5) is 12.4. The lowest BCUT2D eigenvalue weighted by atomic mass is 10.2. The fourth-order valence-electron chi connectivity index (χ4n) is 2.14. The number of hydrogen-bond donors (Lipinski definition) is 1. The van der Waals surface area contributed by atoms with Crippen molar-refractivity contribution in [3.05, 3.63) is 52.5 Å². The third-order valence-electron chi connectivity index (χ3n) is 3.27. The summed E-state index contributed by atoms with van der Waals surface area (Å²) < 4.78 is 17.3. The van der Waals surface area contributed by atoms with Gasteiger partial charge in [0.2, 0.25) is 0 Å². The van der Waals surface area contributed by atoms with Gasteiger partial charge in [0.1, 0.15) is 23.9 Å². The van der Waals surface area contributed by atoms with Crippen LogP contribution in [0.2, 0.25) is 0 Å². The second-order valence-corrected chi connectivity index (χ2v) is 6.50. The average molecular weight is 408 g/mol. The number of carbonyl (C=O) groups excluding carboxylic acids is 1. The Morgan fingerprint density at radius 1 is 1.12 bits per heavy atom. The second-order valence-electron chi connectivity index (χ2n) is 5.59. The van der Waals surface area contributed by atoms with E-state index in [1.807, 2.05) is 44.2 Å². The summed E-state index contributed by atoms with van der Waals surface area (Å²) in [6.45, 7) is 4.60. The Kier molecular flexibility index (Phi) is 7.13. The maximum Gasteiger partial charge on any atom is 0.255 e. The number of amides is 1. The minimum atomic E-state index is -0.193. The van der Waals surface area contributed by atoms with E-state index in [9.17, 15) is 4.79 Å². The molecular formula is C19H22BrNO4. The molecule has 0 spiro atoms. The standard InChI is InChI=1S/C19H22BrNO4/c1-13(2)25-18-12-14(20)4-9-17(18)19(22)21-10-11-24-16-7-5-15(23-3)6-8-16/h4-9,12-13H,10-11H2,1-3H3,(H,21,22). The van der Waals surface area contributed by atoms with Crippen molar-refractivity contribution >= 4 is 21.8 Å². The molecule has 1 N–H and O–H groups in total. The van der Waals surface area contributed by atoms with Gasteiger partial charge in [-0.15, -0.1) is 0 Å². The normalized spacial score (nSPS) is 10.4. The van der Waals surface area contributed by atoms with Crippen LogP contribution in [0.4, 0.5) is 0 Å². The third kappa shape index (κ3) is 5.98. The molecule has 0 saturated carbocycles. The first-order valence-corrected chi connectivity index (χ1v) is 8.80. The molecule has 0 atom stereocenters. The minimum absolute atomic E-state index is 0.0146. The highest BCUT2D eigenvalue weighted by Crippen LogP contribution is 2.25. The number of methoxy groups -OCH3 is 1. The summed E-state index contributed by atoms with van der Waals surface area (Å²) in [5.74, 6) is 1.86. The van der Waals surface area contributed by atoms with E-state index in [0.29, 0.717) is 24.5 Å². The maximum absolute atomic E-state index is 12.4. The molecule has 0 aliphatic carbocycles. The lowest BCUT2D eigenvalue weighted by Gasteiger charge is -2.15. The Bertz CT molecular complexity index is 701. The molecule has 0 unspecified atom stereocenters. The maximum atomic E-state index is 12.4. The highest BCUT2D eigenvalue weighted by atomic mass is 79.9. The second kappa shape index (κ2) is 9.32. The summed E-state index contributed by atoms with van der Waals surface area (Å²) in [6.07, 6.45) is -0.0146. The molecule has 0 aromatic heterocycles. The molecule has 0 aliphatic rings. The van der Waals surface area contributed by atoms with Crippen LogP contribution in [0.25, 0.3) is 0 Å². The smallest absolute Gasteiger partial charge is 0.255 e. The number of benzene rings is 2. The van der Waals surface area contributed by atoms with Gasteiger partial charge in [-0.2, -0.15) is 0 Å². The minimum Gasteiger partial charge on any atom is -0.497 e. The summed E-state index contributed by atoms with van der Waals surface area (Å²) >= 11 is 3.39. The Morgan fingerprint density at radius 3 is 2.44 bits per heavy atom. The van der Waals surface area contributed by atoms with Gasteiger partial charge in [-0.05, 0) is 56.3 Å². The van der Waals surface area contributed by atoms with Crippen molar-refractivity contribution in [2.24, 2.45) is 0 Å². The summed E-state index contributed by atoms with van der Waals surface area (Å²) in [5.41, 5.74) is 0.501. The van der Waals surface area contributed by atoms with Crippen molar-refractivity contribution in [1.82, 2.24) is 5.32 Å². The van der Waals surface area contributed by atoms with Crippen LogP contribution < -0.4 is 19.5 Å². The summed E-state index contributed by atoms with van der Waals surface area (Å²) in [5, 5.41) is 2.84. The SMILES string of the molecule is COc1ccc(OCCNC(=O)c2ccc(Br)cc2OC(C)C)cc1. The quantitative estimate of drug-likeness (QED) is 0.670. The van der Waals surface area contributed by atoms with Gasteiger partial charge >= 0.3 is 0 Å². The Balaban J connectivity index is 1.87. The molecule has 0 bridgehead atoms. The lowest BCUT2D eigenvalue weighted by Crippen LogP contribution is -2.28. The van der Waals surface area contributed by atoms with Crippen LogP contribution in [-0.4, -0.2) is 32.3 Å². The summed E-state index contributed by atoms with van der Waals surface area (Å²) in [7, 11) is 1.62. The van der Waals surface area contributed by atoms with Gasteiger partial charge in [-0.3, -0.25) is 4.79 Å². The van der Waals surface area contributed by atoms with Gasteiger partial charge in [0.15, 0.2) is 0 Å². The third-order valence-corrected chi connectivity index (χ3v) is 3.76. The van der Waals surface area contributed by atoms with E-state index in [-0.39, 0.29) is 12.0 Å². The highest BCUT2D eigenvalue weighted by Gasteiger charge is 2.14. The number of halogens is 1. The lowest BCUT2D eigenvalue weighted by molar-refractivity contribution is 0.0941. The average Bonchev–Trinajstić information content (AvgIpc) is 2.58. The van der Waals surface area contributed by atoms with Gasteiger partial charge < -0.3 is 19.5 Å². The van der Waals surface area contributed by atoms with Crippen molar-refractivity contribution in [2.45, 2.75) is 20.0 Å². The van der Waals surface area contributed by atoms with Gasteiger partial charge in [0, 0.05) is 4.47 Å². The van der Waals surface area contributed by atoms with Gasteiger partial charge in [0.25, 0.3) is 5.91 Å². The van der Waals surface area contributed by atoms with E-state index in [2.05, 4.69) is 21.2 Å². The zero-order chi connectivity index (χ0) is 18.2. The van der Waals surface area contributed by atoms with E-state index in [0.717, 1.165) is 16.0 Å². The number of hydrogen-bond acceptors (Lipinski definition) is 4. The fraction of sp³-hybridized carbons (Fsp3) is 0.316. The first-order valence-electron chi connectivity index (χ1n) is 8.01. The molecule has 0 aliphatic heterocycles. The molecule has 1 amide bonds. The Hall–Kier alpha value is -2.21. The van der Waals surface area contributed by atoms with E-state index < -0.39 is 0 Å². The Morgan fingerprint density at radius 2 is 1.80 bits per heavy atom. The molecule has 134 valence electrons. The molecule has 0 saturated heterocycles. The first kappa shape index (κ1) is 19.1. The Labute approximate surface area is 156 Å². The highest BCUT2D eigenvalue weighted by molar-refractivity contribution is 9.10. The van der Waals surface area contributed by atoms with Crippen molar-refractivity contribution in [2.75, 3.05) is 20.3 Å². The van der Waals surface area contributed by atoms with Gasteiger partial charge in [0.05, 0.1) is 25.3 Å². The van der Waals surface area contributed by atoms with Crippen LogP contribution in [0, 0.1) is 0 Å². The number of ether oxygens (including phenoxy) is 3. The molecule has 2 aromatic carbocycles. The topological polar surface area (TPSA) is 56.8 Å². The molecule has 0 fully saturated rings. The molecule has 25 heavy (non-hydrogen) atoms. The number of rotatable bonds is 8. The van der Waals surface area contributed by atoms with Crippen LogP contribution in [0.5, 0.6) is 17.2 Å². The predicted molar refractivity (Wildman–Crippen MR) is 101 cm³/mol. The molecule has 0 radical (unpaired) electrons. The largest absolute Gasteiger partial charge is 0.497 e. The molecular weight excluding hydrogens is 386 g/mol. The van der Waals surface area contributed by atoms with Crippen LogP contribution in [0.15, 0.2) is 46.9 Å². The van der Waals surface area contributed by atoms with E-state index in [4.69, 9.17) is 14.2 Å². The monoisotopic (exact) mass is 407 g/mol. The summed E-state index contributed by atoms with van der Waals surface area (Å²) in [6, 6.07) is 12.6. The fourth-order valence-corrected chi connectivity index (χ4v) is 2.48. The van der Waals surface area contributed by atoms with Crippen molar-refractivity contribution in [3.63, 3.8) is 0 Å². The van der Waals surface area contributed by atoms with E-state index in [1.165, 1.54) is 0 Å². The zero-order valence-corrected chi connectivity index (χ0v) is 16.1. The predicted octanol–water partition coefficient (Wildman–Crippen LogP) is 4.05. The van der Waals surface area contributed by atoms with Gasteiger partial charge in [-0.25, -0.2) is 0 Å². The molecule has 6 heteroatoms. The van der Waals surface area contributed by atoms with Crippen molar-refractivity contribution < 1.29 is 19.0 Å². The van der Waals surface area contributed by atoms with Crippen LogP contribution in [0.1, 0.15) is 24.2 Å². The van der Waals surface area contributed by atoms with Crippen LogP contribution in [-0.2, 0) is 0 Å². The number of nitrogens with one attached hydrogen (secondary N) is 1. The molecule has 2 aromatic rings.